The number of hydrogen-bond acceptors (Lipinski definition) is 4. The lowest BCUT2D eigenvalue weighted by molar-refractivity contribution is -0.119. The van der Waals surface area contributed by atoms with Gasteiger partial charge in [-0.25, -0.2) is 0 Å². The van der Waals surface area contributed by atoms with Gasteiger partial charge in [-0.2, -0.15) is 0 Å². The molecule has 0 heterocycles. The van der Waals surface area contributed by atoms with Crippen LogP contribution in [0.1, 0.15) is 27.2 Å². The monoisotopic (exact) mass is 382 g/mol. The number of amides is 3. The van der Waals surface area contributed by atoms with E-state index in [1.165, 1.54) is 0 Å². The zero-order valence-corrected chi connectivity index (χ0v) is 16.3. The van der Waals surface area contributed by atoms with Crippen molar-refractivity contribution in [1.82, 2.24) is 0 Å². The highest BCUT2D eigenvalue weighted by Crippen LogP contribution is 2.17. The van der Waals surface area contributed by atoms with Crippen molar-refractivity contribution in [3.8, 4) is 0 Å². The Bertz CT molecular complexity index is 849. The molecule has 0 aliphatic carbocycles. The van der Waals surface area contributed by atoms with Gasteiger partial charge < -0.3 is 21.3 Å². The second-order valence-electron chi connectivity index (χ2n) is 6.61. The first-order valence-electron chi connectivity index (χ1n) is 9.22. The highest BCUT2D eigenvalue weighted by molar-refractivity contribution is 5.96. The van der Waals surface area contributed by atoms with Crippen LogP contribution in [0.5, 0.6) is 0 Å². The van der Waals surface area contributed by atoms with E-state index in [9.17, 15) is 14.4 Å². The Morgan fingerprint density at radius 2 is 1.29 bits per heavy atom. The number of carbonyl (C=O) groups excluding carboxylic acids is 3. The molecule has 0 atom stereocenters. The molecule has 0 saturated carbocycles. The van der Waals surface area contributed by atoms with E-state index in [1.54, 1.807) is 49.4 Å². The zero-order valence-electron chi connectivity index (χ0n) is 16.3. The van der Waals surface area contributed by atoms with Crippen molar-refractivity contribution in [2.24, 2.45) is 5.92 Å². The maximum absolute atomic E-state index is 12.2. The second kappa shape index (κ2) is 10.1. The summed E-state index contributed by atoms with van der Waals surface area (Å²) in [4.78, 5) is 35.5. The van der Waals surface area contributed by atoms with E-state index in [1.807, 2.05) is 19.9 Å². The molecular weight excluding hydrogens is 356 g/mol. The van der Waals surface area contributed by atoms with Crippen molar-refractivity contribution < 1.29 is 14.4 Å². The molecular formula is C21H26N4O3. The van der Waals surface area contributed by atoms with Gasteiger partial charge in [-0.05, 0) is 36.4 Å². The molecule has 3 amide bonds. The highest BCUT2D eigenvalue weighted by atomic mass is 16.2. The third-order valence-electron chi connectivity index (χ3n) is 3.86. The van der Waals surface area contributed by atoms with E-state index < -0.39 is 0 Å². The molecule has 0 bridgehead atoms. The van der Waals surface area contributed by atoms with Gasteiger partial charge in [-0.3, -0.25) is 14.4 Å². The molecule has 0 saturated heterocycles. The summed E-state index contributed by atoms with van der Waals surface area (Å²) in [6.45, 7) is 5.48. The number of anilines is 4. The molecule has 0 unspecified atom stereocenters. The van der Waals surface area contributed by atoms with Crippen molar-refractivity contribution in [2.75, 3.05) is 27.8 Å². The molecule has 28 heavy (non-hydrogen) atoms. The maximum Gasteiger partial charge on any atom is 0.243 e. The van der Waals surface area contributed by atoms with Gasteiger partial charge in [0.1, 0.15) is 0 Å². The number of nitrogens with one attached hydrogen (secondary N) is 4. The number of carbonyl (C=O) groups is 3. The van der Waals surface area contributed by atoms with E-state index in [4.69, 9.17) is 0 Å². The molecule has 0 aliphatic heterocycles. The summed E-state index contributed by atoms with van der Waals surface area (Å²) < 4.78 is 0. The Labute approximate surface area is 164 Å². The van der Waals surface area contributed by atoms with Crippen LogP contribution in [0.4, 0.5) is 22.7 Å². The van der Waals surface area contributed by atoms with Crippen LogP contribution in [-0.4, -0.2) is 24.3 Å². The van der Waals surface area contributed by atoms with Crippen LogP contribution in [-0.2, 0) is 14.4 Å². The summed E-state index contributed by atoms with van der Waals surface area (Å²) in [6, 6.07) is 14.2. The predicted molar refractivity (Wildman–Crippen MR) is 112 cm³/mol. The summed E-state index contributed by atoms with van der Waals surface area (Å²) in [7, 11) is 0. The molecule has 2 aromatic rings. The quantitative estimate of drug-likeness (QED) is 0.560. The Morgan fingerprint density at radius 1 is 0.786 bits per heavy atom. The molecule has 0 radical (unpaired) electrons. The van der Waals surface area contributed by atoms with Crippen LogP contribution in [0.25, 0.3) is 0 Å². The van der Waals surface area contributed by atoms with Crippen molar-refractivity contribution in [3.05, 3.63) is 48.5 Å². The Balaban J connectivity index is 1.90. The molecule has 2 rings (SSSR count). The molecule has 0 spiro atoms. The minimum Gasteiger partial charge on any atom is -0.376 e. The lowest BCUT2D eigenvalue weighted by Gasteiger charge is -2.11. The van der Waals surface area contributed by atoms with Gasteiger partial charge in [0.05, 0.1) is 6.54 Å². The van der Waals surface area contributed by atoms with Gasteiger partial charge in [0.15, 0.2) is 0 Å². The lowest BCUT2D eigenvalue weighted by atomic mass is 10.2. The maximum atomic E-state index is 12.2. The first-order chi connectivity index (χ1) is 13.4. The fourth-order valence-electron chi connectivity index (χ4n) is 2.31. The molecule has 7 nitrogen and oxygen atoms in total. The summed E-state index contributed by atoms with van der Waals surface area (Å²) >= 11 is 0. The predicted octanol–water partition coefficient (Wildman–Crippen LogP) is 3.68. The van der Waals surface area contributed by atoms with Gasteiger partial charge in [0, 0.05) is 35.1 Å². The van der Waals surface area contributed by atoms with E-state index in [0.29, 0.717) is 23.5 Å². The van der Waals surface area contributed by atoms with Crippen LogP contribution in [0.15, 0.2) is 48.5 Å². The van der Waals surface area contributed by atoms with E-state index >= 15 is 0 Å². The molecule has 0 aliphatic rings. The van der Waals surface area contributed by atoms with Crippen LogP contribution in [0, 0.1) is 5.92 Å². The second-order valence-corrected chi connectivity index (χ2v) is 6.61. The first-order valence-corrected chi connectivity index (χ1v) is 9.22. The summed E-state index contributed by atoms with van der Waals surface area (Å²) in [6.07, 6.45) is 0.386. The highest BCUT2D eigenvalue weighted by Gasteiger charge is 2.08. The summed E-state index contributed by atoms with van der Waals surface area (Å²) in [5.74, 6) is -0.490. The van der Waals surface area contributed by atoms with Crippen molar-refractivity contribution >= 4 is 40.5 Å². The average molecular weight is 382 g/mol. The van der Waals surface area contributed by atoms with E-state index in [-0.39, 0.29) is 30.2 Å². The summed E-state index contributed by atoms with van der Waals surface area (Å²) in [5, 5.41) is 11.4. The van der Waals surface area contributed by atoms with Gasteiger partial charge in [0.2, 0.25) is 17.7 Å². The first kappa shape index (κ1) is 21.0. The number of benzene rings is 2. The molecule has 2 aromatic carbocycles. The Morgan fingerprint density at radius 3 is 1.86 bits per heavy atom. The third-order valence-corrected chi connectivity index (χ3v) is 3.86. The zero-order chi connectivity index (χ0) is 20.5. The fourth-order valence-corrected chi connectivity index (χ4v) is 2.31. The SMILES string of the molecule is CCC(=O)Nc1cccc(NC(=O)CNc2cccc(NC(=O)C(C)C)c2)c1. The molecule has 0 fully saturated rings. The Hall–Kier alpha value is -3.35. The summed E-state index contributed by atoms with van der Waals surface area (Å²) in [5.41, 5.74) is 2.62. The minimum atomic E-state index is -0.226. The lowest BCUT2D eigenvalue weighted by Crippen LogP contribution is -2.22. The largest absolute Gasteiger partial charge is 0.376 e. The van der Waals surface area contributed by atoms with Gasteiger partial charge in [0.25, 0.3) is 0 Å². The standard InChI is InChI=1S/C21H26N4O3/c1-4-19(26)23-16-8-6-9-17(12-16)24-20(27)13-22-15-7-5-10-18(11-15)25-21(28)14(2)3/h5-12,14,22H,4,13H2,1-3H3,(H,23,26)(H,24,27)(H,25,28). The fraction of sp³-hybridized carbons (Fsp3) is 0.286. The van der Waals surface area contributed by atoms with Crippen LogP contribution >= 0.6 is 0 Å². The van der Waals surface area contributed by atoms with Gasteiger partial charge >= 0.3 is 0 Å². The molecule has 148 valence electrons. The van der Waals surface area contributed by atoms with Crippen molar-refractivity contribution in [3.63, 3.8) is 0 Å². The average Bonchev–Trinajstić information content (AvgIpc) is 2.66. The Kier molecular flexibility index (Phi) is 7.56. The third kappa shape index (κ3) is 6.75. The van der Waals surface area contributed by atoms with E-state index in [2.05, 4.69) is 21.3 Å². The van der Waals surface area contributed by atoms with E-state index in [0.717, 1.165) is 5.69 Å². The normalized spacial score (nSPS) is 10.3. The number of rotatable bonds is 8. The van der Waals surface area contributed by atoms with Crippen LogP contribution < -0.4 is 21.3 Å². The molecule has 0 aromatic heterocycles. The smallest absolute Gasteiger partial charge is 0.243 e. The topological polar surface area (TPSA) is 99.3 Å². The van der Waals surface area contributed by atoms with Crippen LogP contribution in [0.2, 0.25) is 0 Å². The van der Waals surface area contributed by atoms with Crippen molar-refractivity contribution in [2.45, 2.75) is 27.2 Å². The van der Waals surface area contributed by atoms with Gasteiger partial charge in [-0.1, -0.05) is 32.9 Å². The minimum absolute atomic E-state index is 0.0626. The number of hydrogen-bond donors (Lipinski definition) is 4. The van der Waals surface area contributed by atoms with Crippen LogP contribution in [0.3, 0.4) is 0 Å². The molecule has 4 N–H and O–H groups in total. The molecule has 7 heteroatoms. The van der Waals surface area contributed by atoms with Gasteiger partial charge in [-0.15, -0.1) is 0 Å². The van der Waals surface area contributed by atoms with Crippen molar-refractivity contribution in [1.29, 1.82) is 0 Å².